The predicted octanol–water partition coefficient (Wildman–Crippen LogP) is 2.86. The van der Waals surface area contributed by atoms with Crippen LogP contribution in [0, 0.1) is 13.8 Å². The Balaban J connectivity index is 2.47. The first-order valence-electron chi connectivity index (χ1n) is 11.4. The number of carbonyl (C=O) groups is 2. The van der Waals surface area contributed by atoms with Crippen LogP contribution < -0.4 is 9.62 Å². The summed E-state index contributed by atoms with van der Waals surface area (Å²) >= 11 is 0. The summed E-state index contributed by atoms with van der Waals surface area (Å²) < 4.78 is 28.7. The Hall–Kier alpha value is -2.91. The van der Waals surface area contributed by atoms with Crippen LogP contribution in [-0.2, 0) is 26.3 Å². The highest BCUT2D eigenvalue weighted by Gasteiger charge is 2.33. The van der Waals surface area contributed by atoms with E-state index in [9.17, 15) is 18.0 Å². The van der Waals surface area contributed by atoms with Crippen molar-refractivity contribution in [2.75, 3.05) is 31.5 Å². The number of nitrogens with zero attached hydrogens (tertiary/aromatic N) is 3. The molecule has 2 aromatic rings. The van der Waals surface area contributed by atoms with Gasteiger partial charge in [-0.1, -0.05) is 49.4 Å². The van der Waals surface area contributed by atoms with Crippen molar-refractivity contribution >= 4 is 27.7 Å². The lowest BCUT2D eigenvalue weighted by Crippen LogP contribution is -2.52. The summed E-state index contributed by atoms with van der Waals surface area (Å²) in [6, 6.07) is 14.0. The van der Waals surface area contributed by atoms with Crippen LogP contribution in [0.15, 0.2) is 48.5 Å². The Morgan fingerprint density at radius 2 is 1.68 bits per heavy atom. The van der Waals surface area contributed by atoms with Gasteiger partial charge in [0.25, 0.3) is 0 Å². The third-order valence-corrected chi connectivity index (χ3v) is 7.37. The maximum absolute atomic E-state index is 13.6. The number of hydrogen-bond donors (Lipinski definition) is 1. The molecule has 1 N–H and O–H groups in total. The fourth-order valence-corrected chi connectivity index (χ4v) is 4.56. The van der Waals surface area contributed by atoms with Crippen molar-refractivity contribution < 1.29 is 18.0 Å². The summed E-state index contributed by atoms with van der Waals surface area (Å²) in [5.41, 5.74) is 2.89. The standard InChI is InChI=1S/C25H36N4O4S/c1-7-15-26-25(31)21(4)28(17-22-11-9-8-10-12-22)24(30)18-29(34(32,33)27(5)6)23-16-19(2)13-14-20(23)3/h8-14,16,21H,7,15,17-18H2,1-6H3,(H,26,31)/t21-/m1/s1. The van der Waals surface area contributed by atoms with Crippen LogP contribution in [0.3, 0.4) is 0 Å². The van der Waals surface area contributed by atoms with E-state index in [0.29, 0.717) is 12.2 Å². The van der Waals surface area contributed by atoms with Crippen molar-refractivity contribution in [3.63, 3.8) is 0 Å². The molecule has 34 heavy (non-hydrogen) atoms. The number of carbonyl (C=O) groups excluding carboxylic acids is 2. The monoisotopic (exact) mass is 488 g/mol. The molecule has 0 spiro atoms. The maximum atomic E-state index is 13.6. The molecule has 0 saturated heterocycles. The fourth-order valence-electron chi connectivity index (χ4n) is 3.45. The second-order valence-electron chi connectivity index (χ2n) is 8.56. The molecule has 0 bridgehead atoms. The number of anilines is 1. The van der Waals surface area contributed by atoms with Gasteiger partial charge in [-0.3, -0.25) is 9.59 Å². The van der Waals surface area contributed by atoms with E-state index in [1.807, 2.05) is 56.3 Å². The van der Waals surface area contributed by atoms with E-state index in [-0.39, 0.29) is 12.5 Å². The van der Waals surface area contributed by atoms with Crippen LogP contribution in [0.2, 0.25) is 0 Å². The van der Waals surface area contributed by atoms with E-state index >= 15 is 0 Å². The van der Waals surface area contributed by atoms with E-state index in [0.717, 1.165) is 31.7 Å². The third kappa shape index (κ3) is 6.80. The van der Waals surface area contributed by atoms with Gasteiger partial charge in [0, 0.05) is 27.2 Å². The van der Waals surface area contributed by atoms with Gasteiger partial charge < -0.3 is 10.2 Å². The van der Waals surface area contributed by atoms with Crippen LogP contribution in [0.25, 0.3) is 0 Å². The Bertz CT molecular complexity index is 1090. The zero-order valence-corrected chi connectivity index (χ0v) is 21.7. The van der Waals surface area contributed by atoms with Crippen LogP contribution in [0.5, 0.6) is 0 Å². The minimum Gasteiger partial charge on any atom is -0.354 e. The molecule has 2 amide bonds. The molecule has 0 aliphatic rings. The van der Waals surface area contributed by atoms with Gasteiger partial charge in [-0.2, -0.15) is 12.7 Å². The summed E-state index contributed by atoms with van der Waals surface area (Å²) in [5.74, 6) is -0.741. The number of benzene rings is 2. The topological polar surface area (TPSA) is 90.0 Å². The molecule has 0 unspecified atom stereocenters. The largest absolute Gasteiger partial charge is 0.354 e. The van der Waals surface area contributed by atoms with Crippen LogP contribution >= 0.6 is 0 Å². The van der Waals surface area contributed by atoms with Crippen molar-refractivity contribution in [1.29, 1.82) is 0 Å². The van der Waals surface area contributed by atoms with E-state index in [1.165, 1.54) is 19.0 Å². The van der Waals surface area contributed by atoms with Crippen LogP contribution in [0.4, 0.5) is 5.69 Å². The molecule has 0 aromatic heterocycles. The first-order chi connectivity index (χ1) is 16.0. The fraction of sp³-hybridized carbons (Fsp3) is 0.440. The molecule has 0 heterocycles. The summed E-state index contributed by atoms with van der Waals surface area (Å²) in [4.78, 5) is 27.8. The molecule has 2 rings (SSSR count). The highest BCUT2D eigenvalue weighted by atomic mass is 32.2. The van der Waals surface area contributed by atoms with E-state index in [2.05, 4.69) is 5.32 Å². The first kappa shape index (κ1) is 27.3. The number of nitrogens with one attached hydrogen (secondary N) is 1. The highest BCUT2D eigenvalue weighted by molar-refractivity contribution is 7.90. The van der Waals surface area contributed by atoms with Gasteiger partial charge in [0.05, 0.1) is 5.69 Å². The van der Waals surface area contributed by atoms with Crippen LogP contribution in [-0.4, -0.2) is 62.7 Å². The molecule has 0 aliphatic carbocycles. The third-order valence-electron chi connectivity index (χ3n) is 5.56. The molecule has 0 saturated carbocycles. The molecular formula is C25H36N4O4S. The number of rotatable bonds is 11. The molecule has 0 radical (unpaired) electrons. The quantitative estimate of drug-likeness (QED) is 0.527. The molecule has 0 aliphatic heterocycles. The van der Waals surface area contributed by atoms with E-state index in [1.54, 1.807) is 19.9 Å². The molecule has 8 nitrogen and oxygen atoms in total. The number of aryl methyl sites for hydroxylation is 2. The second-order valence-corrected chi connectivity index (χ2v) is 10.6. The minimum atomic E-state index is -3.97. The summed E-state index contributed by atoms with van der Waals surface area (Å²) in [6.45, 7) is 7.54. The molecule has 9 heteroatoms. The average molecular weight is 489 g/mol. The van der Waals surface area contributed by atoms with E-state index in [4.69, 9.17) is 0 Å². The van der Waals surface area contributed by atoms with Gasteiger partial charge in [-0.15, -0.1) is 0 Å². The van der Waals surface area contributed by atoms with Crippen molar-refractivity contribution in [3.05, 3.63) is 65.2 Å². The Morgan fingerprint density at radius 3 is 2.26 bits per heavy atom. The van der Waals surface area contributed by atoms with Crippen molar-refractivity contribution in [3.8, 4) is 0 Å². The van der Waals surface area contributed by atoms with E-state index < -0.39 is 28.7 Å². The lowest BCUT2D eigenvalue weighted by molar-refractivity contribution is -0.139. The van der Waals surface area contributed by atoms with Gasteiger partial charge >= 0.3 is 10.2 Å². The zero-order valence-electron chi connectivity index (χ0n) is 20.9. The summed E-state index contributed by atoms with van der Waals surface area (Å²) in [5, 5.41) is 2.83. The predicted molar refractivity (Wildman–Crippen MR) is 136 cm³/mol. The Morgan fingerprint density at radius 1 is 1.03 bits per heavy atom. The van der Waals surface area contributed by atoms with Gasteiger partial charge in [0.15, 0.2) is 0 Å². The normalized spacial score (nSPS) is 12.3. The Kier molecular flexibility index (Phi) is 9.64. The molecule has 0 fully saturated rings. The lowest BCUT2D eigenvalue weighted by Gasteiger charge is -2.33. The maximum Gasteiger partial charge on any atom is 0.304 e. The Labute approximate surface area is 203 Å². The van der Waals surface area contributed by atoms with Gasteiger partial charge in [0.1, 0.15) is 12.6 Å². The first-order valence-corrected chi connectivity index (χ1v) is 12.8. The molecule has 1 atom stereocenters. The summed E-state index contributed by atoms with van der Waals surface area (Å²) in [6.07, 6.45) is 0.770. The van der Waals surface area contributed by atoms with Gasteiger partial charge in [0.2, 0.25) is 11.8 Å². The van der Waals surface area contributed by atoms with Crippen molar-refractivity contribution in [2.24, 2.45) is 0 Å². The minimum absolute atomic E-state index is 0.184. The van der Waals surface area contributed by atoms with Crippen molar-refractivity contribution in [1.82, 2.24) is 14.5 Å². The molecule has 2 aromatic carbocycles. The molecule has 186 valence electrons. The SMILES string of the molecule is CCCNC(=O)[C@@H](C)N(Cc1ccccc1)C(=O)CN(c1cc(C)ccc1C)S(=O)(=O)N(C)C. The van der Waals surface area contributed by atoms with Crippen molar-refractivity contribution in [2.45, 2.75) is 46.7 Å². The average Bonchev–Trinajstić information content (AvgIpc) is 2.80. The smallest absolute Gasteiger partial charge is 0.304 e. The zero-order chi connectivity index (χ0) is 25.5. The second kappa shape index (κ2) is 12.0. The van der Waals surface area contributed by atoms with Gasteiger partial charge in [-0.25, -0.2) is 4.31 Å². The number of hydrogen-bond acceptors (Lipinski definition) is 4. The number of amides is 2. The van der Waals surface area contributed by atoms with Crippen LogP contribution in [0.1, 0.15) is 37.0 Å². The lowest BCUT2D eigenvalue weighted by atomic mass is 10.1. The molecular weight excluding hydrogens is 452 g/mol. The van der Waals surface area contributed by atoms with Gasteiger partial charge in [-0.05, 0) is 49.9 Å². The highest BCUT2D eigenvalue weighted by Crippen LogP contribution is 2.26. The summed E-state index contributed by atoms with van der Waals surface area (Å²) in [7, 11) is -1.11.